The highest BCUT2D eigenvalue weighted by Gasteiger charge is 2.33. The summed E-state index contributed by atoms with van der Waals surface area (Å²) < 4.78 is 37.0. The number of hydrazine groups is 1. The summed E-state index contributed by atoms with van der Waals surface area (Å²) in [6.45, 7) is 2.78. The Hall–Kier alpha value is -6.98. The number of halogens is 2. The molecule has 2 saturated heterocycles. The third-order valence-corrected chi connectivity index (χ3v) is 10.3. The molecule has 3 N–H and O–H groups in total. The molecule has 0 aromatic carbocycles. The number of anilines is 1. The zero-order chi connectivity index (χ0) is 41.4. The molecule has 59 heavy (non-hydrogen) atoms. The number of pyridine rings is 2. The largest absolute Gasteiger partial charge is 0.868 e. The Bertz CT molecular complexity index is 2440. The number of nitrogens with one attached hydrogen (secondary N) is 3. The lowest BCUT2D eigenvalue weighted by atomic mass is 10.1. The van der Waals surface area contributed by atoms with Gasteiger partial charge in [-0.1, -0.05) is 17.7 Å². The Morgan fingerprint density at radius 1 is 0.881 bits per heavy atom. The number of hydrogen-bond donors (Lipinski definition) is 3. The molecule has 0 saturated carbocycles. The number of carbonyl (C=O) groups is 5. The molecule has 1 atom stereocenters. The van der Waals surface area contributed by atoms with E-state index in [-0.39, 0.29) is 109 Å². The fourth-order valence-corrected chi connectivity index (χ4v) is 7.15. The molecule has 23 heteroatoms. The van der Waals surface area contributed by atoms with Crippen molar-refractivity contribution in [2.24, 2.45) is 4.99 Å². The highest BCUT2D eigenvalue weighted by molar-refractivity contribution is 6.45. The van der Waals surface area contributed by atoms with Crippen LogP contribution in [0, 0.1) is 11.6 Å². The van der Waals surface area contributed by atoms with Crippen molar-refractivity contribution >= 4 is 63.6 Å². The number of fused-ring (bicyclic) bond motifs is 2. The highest BCUT2D eigenvalue weighted by atomic mass is 19.1. The maximum atomic E-state index is 15.1. The minimum Gasteiger partial charge on any atom is -0.868 e. The quantitative estimate of drug-likeness (QED) is 0.0669. The van der Waals surface area contributed by atoms with Crippen LogP contribution in [0.15, 0.2) is 54.1 Å². The van der Waals surface area contributed by atoms with E-state index in [9.17, 15) is 33.5 Å². The predicted molar refractivity (Wildman–Crippen MR) is 198 cm³/mol. The molecule has 4 aromatic heterocycles. The number of Topliss-reactive ketones (excluding diaryl/α,β-unsaturated/α-hetero) is 1. The maximum absolute atomic E-state index is 15.1. The first-order valence-corrected chi connectivity index (χ1v) is 18.6. The summed E-state index contributed by atoms with van der Waals surface area (Å²) in [5.41, 5.74) is 2.72. The van der Waals surface area contributed by atoms with Gasteiger partial charge in [0.2, 0.25) is 24.5 Å². The number of hydrogen-bond acceptors (Lipinski definition) is 14. The first-order valence-electron chi connectivity index (χ1n) is 18.6. The molecule has 4 aromatic rings. The number of aromatic amines is 1. The van der Waals surface area contributed by atoms with Crippen LogP contribution in [0.5, 0.6) is 0 Å². The molecular weight excluding hydrogens is 778 g/mol. The van der Waals surface area contributed by atoms with Gasteiger partial charge in [0.15, 0.2) is 23.3 Å². The van der Waals surface area contributed by atoms with Gasteiger partial charge >= 0.3 is 0 Å². The monoisotopic (exact) mass is 814 g/mol. The van der Waals surface area contributed by atoms with E-state index in [4.69, 9.17) is 4.74 Å². The lowest BCUT2D eigenvalue weighted by molar-refractivity contribution is -0.909. The van der Waals surface area contributed by atoms with Crippen LogP contribution < -0.4 is 20.7 Å². The predicted octanol–water partition coefficient (Wildman–Crippen LogP) is -2.19. The van der Waals surface area contributed by atoms with Crippen molar-refractivity contribution in [3.8, 4) is 5.82 Å². The van der Waals surface area contributed by atoms with Gasteiger partial charge in [0.25, 0.3) is 11.7 Å². The Balaban J connectivity index is 0.818. The summed E-state index contributed by atoms with van der Waals surface area (Å²) in [6, 6.07) is 0. The summed E-state index contributed by atoms with van der Waals surface area (Å²) in [4.78, 5) is 85.6. The fraction of sp³-hybridized carbons (Fsp3) is 0.333. The second kappa shape index (κ2) is 16.1. The van der Waals surface area contributed by atoms with Gasteiger partial charge in [0.05, 0.1) is 47.5 Å². The van der Waals surface area contributed by atoms with Gasteiger partial charge in [-0.3, -0.25) is 29.0 Å². The Labute approximate surface area is 332 Å². The van der Waals surface area contributed by atoms with E-state index in [1.165, 1.54) is 43.0 Å². The number of H-pyrrole nitrogens is 1. The van der Waals surface area contributed by atoms with E-state index in [0.29, 0.717) is 24.5 Å². The van der Waals surface area contributed by atoms with Crippen LogP contribution in [0.1, 0.15) is 29.3 Å². The number of aliphatic imine (C=N–C) groups is 1. The molecule has 21 nitrogen and oxygen atoms in total. The average Bonchev–Trinajstić information content (AvgIpc) is 4.11. The molecule has 2 fully saturated rings. The second-order valence-electron chi connectivity index (χ2n) is 13.7. The first-order chi connectivity index (χ1) is 28.5. The number of ketones is 1. The van der Waals surface area contributed by atoms with Crippen LogP contribution in [0.3, 0.4) is 0 Å². The van der Waals surface area contributed by atoms with Crippen LogP contribution in [0.25, 0.3) is 22.3 Å². The molecule has 4 aliphatic heterocycles. The summed E-state index contributed by atoms with van der Waals surface area (Å²) in [7, 11) is 0. The van der Waals surface area contributed by atoms with E-state index < -0.39 is 35.0 Å². The molecule has 1 unspecified atom stereocenters. The van der Waals surface area contributed by atoms with Gasteiger partial charge in [-0.15, -0.1) is 5.10 Å². The van der Waals surface area contributed by atoms with Crippen molar-refractivity contribution in [2.75, 3.05) is 70.7 Å². The number of allylic oxidation sites excluding steroid dienone is 1. The number of piperazine rings is 2. The van der Waals surface area contributed by atoms with Gasteiger partial charge < -0.3 is 34.4 Å². The molecule has 8 rings (SSSR count). The smallest absolute Gasteiger partial charge is 0.295 e. The summed E-state index contributed by atoms with van der Waals surface area (Å²) in [6.07, 6.45) is 10.7. The van der Waals surface area contributed by atoms with Crippen molar-refractivity contribution in [3.63, 3.8) is 0 Å². The standard InChI is InChI=1S/C36H36F2N14O7/c1-2-25(53)46-5-9-48(10-6-46)35(57)32(56)22-16-40-30-28(22)24(38)18-42-34(30)52-14-13-50(45-52)20-59-19-26(54)47-7-11-49(12-8-47)36(58)31(55)21-15-39-29-27(21)23(37)17-41-33(29)51-4-3-43-44-51/h3-4,13-18,39,45,56H,2,5-12,19-20H2,1H3. The molecule has 0 bridgehead atoms. The number of quaternary nitrogens is 1. The van der Waals surface area contributed by atoms with E-state index in [0.717, 1.165) is 18.6 Å². The third-order valence-electron chi connectivity index (χ3n) is 10.3. The van der Waals surface area contributed by atoms with Gasteiger partial charge in [0, 0.05) is 82.3 Å². The molecule has 0 radical (unpaired) electrons. The summed E-state index contributed by atoms with van der Waals surface area (Å²) in [5, 5.41) is 22.7. The van der Waals surface area contributed by atoms with Crippen molar-refractivity contribution in [1.82, 2.24) is 55.1 Å². The number of aromatic nitrogens is 6. The van der Waals surface area contributed by atoms with Crippen LogP contribution in [-0.2, 0) is 23.9 Å². The molecule has 0 aliphatic carbocycles. The van der Waals surface area contributed by atoms with E-state index >= 15 is 4.39 Å². The van der Waals surface area contributed by atoms with E-state index in [1.54, 1.807) is 24.2 Å². The van der Waals surface area contributed by atoms with Crippen LogP contribution in [0.4, 0.5) is 20.3 Å². The molecular formula is C36H36F2N14O7. The Morgan fingerprint density at radius 3 is 2.24 bits per heavy atom. The Kier molecular flexibility index (Phi) is 10.6. The topological polar surface area (TPSA) is 235 Å². The number of nitrogens with zero attached hydrogens (tertiary/aromatic N) is 11. The molecule has 0 spiro atoms. The average molecular weight is 815 g/mol. The van der Waals surface area contributed by atoms with Crippen molar-refractivity contribution in [3.05, 3.63) is 71.9 Å². The number of rotatable bonds is 10. The van der Waals surface area contributed by atoms with Crippen molar-refractivity contribution in [1.29, 1.82) is 0 Å². The zero-order valence-corrected chi connectivity index (χ0v) is 31.4. The lowest BCUT2D eigenvalue weighted by Crippen LogP contribution is -3.14. The van der Waals surface area contributed by atoms with Crippen molar-refractivity contribution < 1.29 is 47.6 Å². The van der Waals surface area contributed by atoms with Crippen molar-refractivity contribution in [2.45, 2.75) is 13.3 Å². The minimum atomic E-state index is -0.922. The molecule has 8 heterocycles. The lowest BCUT2D eigenvalue weighted by Gasteiger charge is -2.36. The Morgan fingerprint density at radius 2 is 1.54 bits per heavy atom. The van der Waals surface area contributed by atoms with Crippen LogP contribution in [0.2, 0.25) is 0 Å². The van der Waals surface area contributed by atoms with Gasteiger partial charge in [-0.05, 0) is 5.76 Å². The summed E-state index contributed by atoms with van der Waals surface area (Å²) in [5.74, 6) is -5.16. The normalized spacial score (nSPS) is 18.6. The molecule has 4 aliphatic rings. The van der Waals surface area contributed by atoms with Crippen LogP contribution >= 0.6 is 0 Å². The SMILES string of the molecule is CCC(=O)N1CCN(C(=O)C([O-])=C2C=Nc3c(N4C=C[NH+](COCC(=O)N5CCN(C(=O)C(=O)c6c[nH]c7c(-n8ccnn8)ncc(F)c67)CC5)N4)ncc(F)c32)CC1. The van der Waals surface area contributed by atoms with E-state index in [2.05, 4.69) is 35.8 Å². The molecule has 4 amide bonds. The third kappa shape index (κ3) is 7.37. The van der Waals surface area contributed by atoms with Crippen LogP contribution in [-0.4, -0.2) is 151 Å². The number of ether oxygens (including phenoxy) is 1. The maximum Gasteiger partial charge on any atom is 0.295 e. The first kappa shape index (κ1) is 38.9. The van der Waals surface area contributed by atoms with E-state index in [1.807, 2.05) is 0 Å². The highest BCUT2D eigenvalue weighted by Crippen LogP contribution is 2.40. The van der Waals surface area contributed by atoms with Gasteiger partial charge in [-0.2, -0.15) is 5.01 Å². The van der Waals surface area contributed by atoms with Gasteiger partial charge in [-0.25, -0.2) is 28.4 Å². The number of amides is 4. The fourth-order valence-electron chi connectivity index (χ4n) is 7.15. The second-order valence-corrected chi connectivity index (χ2v) is 13.7. The summed E-state index contributed by atoms with van der Waals surface area (Å²) >= 11 is 0. The number of carbonyl (C=O) groups excluding carboxylic acids is 5. The molecule has 306 valence electrons. The minimum absolute atomic E-state index is 0.0326. The zero-order valence-electron chi connectivity index (χ0n) is 31.4. The van der Waals surface area contributed by atoms with Gasteiger partial charge in [0.1, 0.15) is 18.5 Å².